The molecule has 1 heterocycles. The number of hydrogen-bond acceptors (Lipinski definition) is 3. The van der Waals surface area contributed by atoms with Crippen LogP contribution in [-0.2, 0) is 4.74 Å². The molecular weight excluding hydrogens is 354 g/mol. The summed E-state index contributed by atoms with van der Waals surface area (Å²) in [6.45, 7) is 4.09. The monoisotopic (exact) mass is 380 g/mol. The van der Waals surface area contributed by atoms with E-state index in [1.54, 1.807) is 29.2 Å². The van der Waals surface area contributed by atoms with Gasteiger partial charge in [-0.15, -0.1) is 0 Å². The maximum Gasteiger partial charge on any atom is 0.339 e. The van der Waals surface area contributed by atoms with Gasteiger partial charge in [-0.25, -0.2) is 9.59 Å². The van der Waals surface area contributed by atoms with Crippen LogP contribution in [0.3, 0.4) is 0 Å². The van der Waals surface area contributed by atoms with Crippen molar-refractivity contribution in [1.82, 2.24) is 4.90 Å². The van der Waals surface area contributed by atoms with Gasteiger partial charge in [-0.3, -0.25) is 0 Å². The van der Waals surface area contributed by atoms with Crippen molar-refractivity contribution in [2.45, 2.75) is 0 Å². The van der Waals surface area contributed by atoms with Gasteiger partial charge in [0.1, 0.15) is 0 Å². The highest BCUT2D eigenvalue weighted by Crippen LogP contribution is 2.16. The summed E-state index contributed by atoms with van der Waals surface area (Å²) in [7, 11) is 1.33. The number of benzene rings is 2. The SMILES string of the molecule is COC(=O)c1ccccc1NC(=O)N1CC[NH+](CC=Cc2ccccc2)CC1. The molecule has 0 atom stereocenters. The van der Waals surface area contributed by atoms with Gasteiger partial charge < -0.3 is 19.9 Å². The number of quaternary nitrogens is 1. The van der Waals surface area contributed by atoms with Crippen molar-refractivity contribution >= 4 is 23.8 Å². The summed E-state index contributed by atoms with van der Waals surface area (Å²) in [6, 6.07) is 16.9. The Balaban J connectivity index is 1.49. The highest BCUT2D eigenvalue weighted by atomic mass is 16.5. The van der Waals surface area contributed by atoms with Crippen LogP contribution in [0, 0.1) is 0 Å². The zero-order chi connectivity index (χ0) is 19.8. The van der Waals surface area contributed by atoms with Crippen molar-refractivity contribution < 1.29 is 19.2 Å². The average Bonchev–Trinajstić information content (AvgIpc) is 2.75. The smallest absolute Gasteiger partial charge is 0.339 e. The standard InChI is InChI=1S/C22H25N3O3/c1-28-21(26)19-11-5-6-12-20(19)23-22(27)25-16-14-24(15-17-25)13-7-10-18-8-3-2-4-9-18/h2-12H,13-17H2,1H3,(H,23,27)/p+1. The van der Waals surface area contributed by atoms with Gasteiger partial charge in [-0.1, -0.05) is 48.5 Å². The molecule has 2 aromatic rings. The Morgan fingerprint density at radius 1 is 1.07 bits per heavy atom. The van der Waals surface area contributed by atoms with Gasteiger partial charge in [0.05, 0.1) is 51.1 Å². The Kier molecular flexibility index (Phi) is 6.81. The van der Waals surface area contributed by atoms with Crippen LogP contribution in [0.1, 0.15) is 15.9 Å². The van der Waals surface area contributed by atoms with E-state index in [2.05, 4.69) is 29.6 Å². The summed E-state index contributed by atoms with van der Waals surface area (Å²) >= 11 is 0. The number of amides is 2. The van der Waals surface area contributed by atoms with Gasteiger partial charge in [0.15, 0.2) is 0 Å². The summed E-state index contributed by atoms with van der Waals surface area (Å²) in [5, 5.41) is 2.84. The number of urea groups is 1. The number of nitrogens with one attached hydrogen (secondary N) is 2. The van der Waals surface area contributed by atoms with Gasteiger partial charge in [-0.2, -0.15) is 0 Å². The number of methoxy groups -OCH3 is 1. The van der Waals surface area contributed by atoms with Crippen molar-refractivity contribution in [1.29, 1.82) is 0 Å². The first-order valence-corrected chi connectivity index (χ1v) is 9.46. The second-order valence-corrected chi connectivity index (χ2v) is 6.72. The predicted molar refractivity (Wildman–Crippen MR) is 109 cm³/mol. The summed E-state index contributed by atoms with van der Waals surface area (Å²) in [4.78, 5) is 27.7. The number of ether oxygens (including phenoxy) is 1. The Labute approximate surface area is 165 Å². The first kappa shape index (κ1) is 19.6. The van der Waals surface area contributed by atoms with Gasteiger partial charge >= 0.3 is 12.0 Å². The van der Waals surface area contributed by atoms with Crippen LogP contribution in [0.25, 0.3) is 6.08 Å². The van der Waals surface area contributed by atoms with E-state index in [-0.39, 0.29) is 6.03 Å². The number of esters is 1. The third-order valence-electron chi connectivity index (χ3n) is 4.85. The molecule has 2 aromatic carbocycles. The number of carbonyl (C=O) groups is 2. The number of carbonyl (C=O) groups excluding carboxylic acids is 2. The van der Waals surface area contributed by atoms with Crippen molar-refractivity contribution in [3.05, 3.63) is 71.8 Å². The highest BCUT2D eigenvalue weighted by molar-refractivity contribution is 6.00. The lowest BCUT2D eigenvalue weighted by Crippen LogP contribution is -3.14. The van der Waals surface area contributed by atoms with Crippen LogP contribution in [0.5, 0.6) is 0 Å². The number of para-hydroxylation sites is 1. The Hall–Kier alpha value is -3.12. The quantitative estimate of drug-likeness (QED) is 0.779. The summed E-state index contributed by atoms with van der Waals surface area (Å²) in [5.41, 5.74) is 2.03. The molecule has 2 N–H and O–H groups in total. The lowest BCUT2D eigenvalue weighted by Gasteiger charge is -2.31. The molecule has 0 saturated carbocycles. The minimum absolute atomic E-state index is 0.185. The molecule has 146 valence electrons. The summed E-state index contributed by atoms with van der Waals surface area (Å²) in [5.74, 6) is -0.463. The normalized spacial score (nSPS) is 14.8. The Bertz CT molecular complexity index is 828. The predicted octanol–water partition coefficient (Wildman–Crippen LogP) is 1.92. The van der Waals surface area contributed by atoms with Crippen LogP contribution >= 0.6 is 0 Å². The average molecular weight is 380 g/mol. The van der Waals surface area contributed by atoms with Crippen molar-refractivity contribution in [2.24, 2.45) is 0 Å². The molecule has 6 heteroatoms. The topological polar surface area (TPSA) is 63.1 Å². The fraction of sp³-hybridized carbons (Fsp3) is 0.273. The molecule has 2 amide bonds. The third kappa shape index (κ3) is 5.20. The maximum absolute atomic E-state index is 12.6. The Morgan fingerprint density at radius 2 is 1.75 bits per heavy atom. The molecule has 6 nitrogen and oxygen atoms in total. The van der Waals surface area contributed by atoms with Crippen molar-refractivity contribution in [3.63, 3.8) is 0 Å². The molecule has 1 aliphatic rings. The molecule has 1 saturated heterocycles. The number of piperazine rings is 1. The first-order chi connectivity index (χ1) is 13.7. The van der Waals surface area contributed by atoms with E-state index in [0.717, 1.165) is 19.6 Å². The zero-order valence-electron chi connectivity index (χ0n) is 16.1. The van der Waals surface area contributed by atoms with E-state index in [4.69, 9.17) is 4.74 Å². The molecule has 0 spiro atoms. The van der Waals surface area contributed by atoms with Crippen LogP contribution in [0.4, 0.5) is 10.5 Å². The lowest BCUT2D eigenvalue weighted by atomic mass is 10.2. The Morgan fingerprint density at radius 3 is 2.46 bits per heavy atom. The van der Waals surface area contributed by atoms with E-state index in [1.807, 2.05) is 18.2 Å². The molecule has 0 radical (unpaired) electrons. The maximum atomic E-state index is 12.6. The second kappa shape index (κ2) is 9.71. The van der Waals surface area contributed by atoms with E-state index in [0.29, 0.717) is 24.3 Å². The summed E-state index contributed by atoms with van der Waals surface area (Å²) < 4.78 is 4.77. The molecule has 3 rings (SSSR count). The van der Waals surface area contributed by atoms with Crippen LogP contribution in [0.2, 0.25) is 0 Å². The zero-order valence-corrected chi connectivity index (χ0v) is 16.1. The van der Waals surface area contributed by atoms with E-state index in [9.17, 15) is 9.59 Å². The molecule has 0 unspecified atom stereocenters. The fourth-order valence-electron chi connectivity index (χ4n) is 3.23. The molecule has 1 fully saturated rings. The molecule has 0 bridgehead atoms. The van der Waals surface area contributed by atoms with Crippen LogP contribution in [0.15, 0.2) is 60.7 Å². The van der Waals surface area contributed by atoms with E-state index in [1.165, 1.54) is 17.6 Å². The van der Waals surface area contributed by atoms with E-state index < -0.39 is 5.97 Å². The van der Waals surface area contributed by atoms with Gasteiger partial charge in [0.2, 0.25) is 0 Å². The summed E-state index contributed by atoms with van der Waals surface area (Å²) in [6.07, 6.45) is 4.32. The van der Waals surface area contributed by atoms with Crippen molar-refractivity contribution in [2.75, 3.05) is 45.2 Å². The van der Waals surface area contributed by atoms with Gasteiger partial charge in [0.25, 0.3) is 0 Å². The number of rotatable bonds is 5. The number of nitrogens with zero attached hydrogens (tertiary/aromatic N) is 1. The van der Waals surface area contributed by atoms with Gasteiger partial charge in [0, 0.05) is 0 Å². The van der Waals surface area contributed by atoms with E-state index >= 15 is 0 Å². The molecule has 28 heavy (non-hydrogen) atoms. The van der Waals surface area contributed by atoms with Crippen LogP contribution < -0.4 is 10.2 Å². The van der Waals surface area contributed by atoms with Gasteiger partial charge in [-0.05, 0) is 23.8 Å². The molecule has 1 aliphatic heterocycles. The minimum atomic E-state index is -0.463. The molecular formula is C22H26N3O3+. The van der Waals surface area contributed by atoms with Crippen molar-refractivity contribution in [3.8, 4) is 0 Å². The number of hydrogen-bond donors (Lipinski definition) is 2. The first-order valence-electron chi connectivity index (χ1n) is 9.46. The third-order valence-corrected chi connectivity index (χ3v) is 4.85. The minimum Gasteiger partial charge on any atom is -0.465 e. The highest BCUT2D eigenvalue weighted by Gasteiger charge is 2.24. The number of anilines is 1. The van der Waals surface area contributed by atoms with Crippen LogP contribution in [-0.4, -0.2) is 56.7 Å². The molecule has 0 aromatic heterocycles. The largest absolute Gasteiger partial charge is 0.465 e. The lowest BCUT2D eigenvalue weighted by molar-refractivity contribution is -0.898. The fourth-order valence-corrected chi connectivity index (χ4v) is 3.23. The second-order valence-electron chi connectivity index (χ2n) is 6.72. The molecule has 0 aliphatic carbocycles.